The molecule has 0 aliphatic carbocycles. The fourth-order valence-corrected chi connectivity index (χ4v) is 6.25. The Labute approximate surface area is 197 Å². The van der Waals surface area contributed by atoms with Crippen molar-refractivity contribution >= 4 is 44.6 Å². The first-order chi connectivity index (χ1) is 15.3. The van der Waals surface area contributed by atoms with E-state index in [1.54, 1.807) is 40.5 Å². The summed E-state index contributed by atoms with van der Waals surface area (Å²) in [4.78, 5) is 16.3. The Bertz CT molecular complexity index is 1230. The molecule has 3 aromatic rings. The van der Waals surface area contributed by atoms with Gasteiger partial charge in [0.25, 0.3) is 15.9 Å². The Morgan fingerprint density at radius 3 is 2.69 bits per heavy atom. The van der Waals surface area contributed by atoms with Gasteiger partial charge in [-0.15, -0.1) is 11.3 Å². The molecule has 2 aromatic carbocycles. The Balaban J connectivity index is 1.68. The summed E-state index contributed by atoms with van der Waals surface area (Å²) in [5.41, 5.74) is 0.583. The van der Waals surface area contributed by atoms with Crippen LogP contribution in [0.15, 0.2) is 64.9 Å². The van der Waals surface area contributed by atoms with Crippen LogP contribution in [0, 0.1) is 0 Å². The van der Waals surface area contributed by atoms with Crippen molar-refractivity contribution in [1.29, 1.82) is 0 Å². The van der Waals surface area contributed by atoms with Crippen LogP contribution in [0.4, 0.5) is 5.69 Å². The van der Waals surface area contributed by atoms with Crippen LogP contribution in [0.1, 0.15) is 34.1 Å². The van der Waals surface area contributed by atoms with E-state index in [4.69, 9.17) is 16.3 Å². The third kappa shape index (κ3) is 4.10. The van der Waals surface area contributed by atoms with Gasteiger partial charge in [-0.1, -0.05) is 29.8 Å². The van der Waals surface area contributed by atoms with Crippen LogP contribution in [0.3, 0.4) is 0 Å². The second-order valence-electron chi connectivity index (χ2n) is 7.46. The third-order valence-corrected chi connectivity index (χ3v) is 8.71. The minimum absolute atomic E-state index is 0.00877. The molecule has 0 saturated carbocycles. The van der Waals surface area contributed by atoms with Gasteiger partial charge in [-0.05, 0) is 54.6 Å². The number of nitrogens with zero attached hydrogens (tertiary/aromatic N) is 2. The zero-order valence-electron chi connectivity index (χ0n) is 17.7. The number of ether oxygens (including phenoxy) is 1. The van der Waals surface area contributed by atoms with Crippen LogP contribution >= 0.6 is 22.9 Å². The smallest absolute Gasteiger partial charge is 0.264 e. The quantitative estimate of drug-likeness (QED) is 0.475. The molecule has 4 rings (SSSR count). The summed E-state index contributed by atoms with van der Waals surface area (Å²) in [6.45, 7) is 0.607. The largest absolute Gasteiger partial charge is 0.495 e. The van der Waals surface area contributed by atoms with Gasteiger partial charge in [0.2, 0.25) is 0 Å². The Morgan fingerprint density at radius 2 is 1.97 bits per heavy atom. The molecule has 1 aliphatic rings. The number of rotatable bonds is 6. The van der Waals surface area contributed by atoms with Crippen LogP contribution in [0.2, 0.25) is 5.02 Å². The molecule has 1 fully saturated rings. The Hall–Kier alpha value is -2.55. The molecule has 1 amide bonds. The summed E-state index contributed by atoms with van der Waals surface area (Å²) in [7, 11) is -1.01. The van der Waals surface area contributed by atoms with Gasteiger partial charge in [-0.3, -0.25) is 9.10 Å². The highest BCUT2D eigenvalue weighted by Crippen LogP contribution is 2.37. The molecule has 1 aromatic heterocycles. The summed E-state index contributed by atoms with van der Waals surface area (Å²) >= 11 is 7.97. The minimum Gasteiger partial charge on any atom is -0.495 e. The van der Waals surface area contributed by atoms with Gasteiger partial charge >= 0.3 is 0 Å². The fourth-order valence-electron chi connectivity index (χ4n) is 3.95. The van der Waals surface area contributed by atoms with E-state index in [9.17, 15) is 13.2 Å². The molecule has 1 atom stereocenters. The lowest BCUT2D eigenvalue weighted by Crippen LogP contribution is -2.31. The number of para-hydroxylation sites is 2. The molecule has 1 saturated heterocycles. The van der Waals surface area contributed by atoms with Crippen molar-refractivity contribution in [3.05, 3.63) is 75.4 Å². The molecular formula is C23H23ClN2O4S2. The van der Waals surface area contributed by atoms with E-state index in [1.165, 1.54) is 32.4 Å². The molecule has 32 heavy (non-hydrogen) atoms. The second-order valence-corrected chi connectivity index (χ2v) is 10.8. The van der Waals surface area contributed by atoms with E-state index in [0.717, 1.165) is 22.0 Å². The topological polar surface area (TPSA) is 66.9 Å². The SMILES string of the molecule is COc1ccccc1N(C)S(=O)(=O)c1ccc(Cl)c(C(=O)N2CCC[C@H]2c2cccs2)c1. The second kappa shape index (κ2) is 9.13. The molecule has 168 valence electrons. The predicted molar refractivity (Wildman–Crippen MR) is 127 cm³/mol. The van der Waals surface area contributed by atoms with Gasteiger partial charge in [0, 0.05) is 18.5 Å². The van der Waals surface area contributed by atoms with Crippen molar-refractivity contribution in [2.75, 3.05) is 25.0 Å². The number of likely N-dealkylation sites (tertiary alicyclic amines) is 1. The van der Waals surface area contributed by atoms with Crippen LogP contribution in [0.5, 0.6) is 5.75 Å². The maximum atomic E-state index is 13.4. The number of amides is 1. The van der Waals surface area contributed by atoms with Crippen molar-refractivity contribution in [3.8, 4) is 5.75 Å². The molecule has 9 heteroatoms. The van der Waals surface area contributed by atoms with Gasteiger partial charge in [0.1, 0.15) is 5.75 Å². The third-order valence-electron chi connectivity index (χ3n) is 5.64. The number of sulfonamides is 1. The molecule has 2 heterocycles. The lowest BCUT2D eigenvalue weighted by atomic mass is 10.1. The summed E-state index contributed by atoms with van der Waals surface area (Å²) in [6.07, 6.45) is 1.76. The monoisotopic (exact) mass is 490 g/mol. The van der Waals surface area contributed by atoms with Crippen molar-refractivity contribution in [3.63, 3.8) is 0 Å². The number of carbonyl (C=O) groups is 1. The Morgan fingerprint density at radius 1 is 1.19 bits per heavy atom. The van der Waals surface area contributed by atoms with E-state index < -0.39 is 10.0 Å². The zero-order chi connectivity index (χ0) is 22.9. The van der Waals surface area contributed by atoms with E-state index in [0.29, 0.717) is 18.0 Å². The van der Waals surface area contributed by atoms with Gasteiger partial charge < -0.3 is 9.64 Å². The summed E-state index contributed by atoms with van der Waals surface area (Å²) in [6, 6.07) is 15.1. The van der Waals surface area contributed by atoms with E-state index in [2.05, 4.69) is 0 Å². The predicted octanol–water partition coefficient (Wildman–Crippen LogP) is 5.21. The molecule has 0 spiro atoms. The van der Waals surface area contributed by atoms with Crippen LogP contribution < -0.4 is 9.04 Å². The van der Waals surface area contributed by atoms with Crippen molar-refractivity contribution in [1.82, 2.24) is 4.90 Å². The normalized spacial score (nSPS) is 16.2. The number of anilines is 1. The highest BCUT2D eigenvalue weighted by atomic mass is 35.5. The lowest BCUT2D eigenvalue weighted by molar-refractivity contribution is 0.0738. The average molecular weight is 491 g/mol. The number of methoxy groups -OCH3 is 1. The summed E-state index contributed by atoms with van der Waals surface area (Å²) < 4.78 is 33.2. The molecule has 0 N–H and O–H groups in total. The highest BCUT2D eigenvalue weighted by Gasteiger charge is 2.33. The van der Waals surface area contributed by atoms with Crippen molar-refractivity contribution in [2.24, 2.45) is 0 Å². The Kier molecular flexibility index (Phi) is 6.46. The van der Waals surface area contributed by atoms with Crippen LogP contribution in [0.25, 0.3) is 0 Å². The minimum atomic E-state index is -3.95. The summed E-state index contributed by atoms with van der Waals surface area (Å²) in [5, 5.41) is 2.22. The number of carbonyl (C=O) groups excluding carboxylic acids is 1. The van der Waals surface area contributed by atoms with Crippen LogP contribution in [-0.4, -0.2) is 39.9 Å². The first-order valence-corrected chi connectivity index (χ1v) is 12.8. The number of halogens is 1. The van der Waals surface area contributed by atoms with Gasteiger partial charge in [0.05, 0.1) is 34.3 Å². The maximum absolute atomic E-state index is 13.4. The number of thiophene rings is 1. The maximum Gasteiger partial charge on any atom is 0.264 e. The number of benzene rings is 2. The molecule has 0 radical (unpaired) electrons. The standard InChI is InChI=1S/C23H23ClN2O4S2/c1-25(19-7-3-4-9-21(19)30-2)32(28,29)16-11-12-18(24)17(15-16)23(27)26-13-5-8-20(26)22-10-6-14-31-22/h3-4,6-7,9-12,14-15,20H,5,8,13H2,1-2H3/t20-/m0/s1. The first kappa shape index (κ1) is 22.6. The number of hydrogen-bond donors (Lipinski definition) is 0. The van der Waals surface area contributed by atoms with Crippen molar-refractivity contribution < 1.29 is 17.9 Å². The van der Waals surface area contributed by atoms with Gasteiger partial charge in [-0.25, -0.2) is 8.42 Å². The summed E-state index contributed by atoms with van der Waals surface area (Å²) in [5.74, 6) is 0.169. The van der Waals surface area contributed by atoms with Gasteiger partial charge in [0.15, 0.2) is 0 Å². The molecule has 6 nitrogen and oxygen atoms in total. The highest BCUT2D eigenvalue weighted by molar-refractivity contribution is 7.92. The van der Waals surface area contributed by atoms with Crippen molar-refractivity contribution in [2.45, 2.75) is 23.8 Å². The molecular weight excluding hydrogens is 468 g/mol. The molecule has 0 unspecified atom stereocenters. The lowest BCUT2D eigenvalue weighted by Gasteiger charge is -2.25. The number of hydrogen-bond acceptors (Lipinski definition) is 5. The van der Waals surface area contributed by atoms with E-state index in [1.807, 2.05) is 17.5 Å². The average Bonchev–Trinajstić information content (AvgIpc) is 3.50. The zero-order valence-corrected chi connectivity index (χ0v) is 20.1. The van der Waals surface area contributed by atoms with E-state index >= 15 is 0 Å². The first-order valence-electron chi connectivity index (χ1n) is 10.1. The molecule has 1 aliphatic heterocycles. The molecule has 0 bridgehead atoms. The van der Waals surface area contributed by atoms with Gasteiger partial charge in [-0.2, -0.15) is 0 Å². The fraction of sp³-hybridized carbons (Fsp3) is 0.261. The van der Waals surface area contributed by atoms with Crippen LogP contribution in [-0.2, 0) is 10.0 Å². The van der Waals surface area contributed by atoms with E-state index in [-0.39, 0.29) is 27.4 Å².